The summed E-state index contributed by atoms with van der Waals surface area (Å²) in [5, 5.41) is 25.1. The zero-order chi connectivity index (χ0) is 24.1. The van der Waals surface area contributed by atoms with Gasteiger partial charge in [0.2, 0.25) is 0 Å². The van der Waals surface area contributed by atoms with Crippen LogP contribution in [0.15, 0.2) is 12.3 Å². The predicted molar refractivity (Wildman–Crippen MR) is 133 cm³/mol. The number of aliphatic hydroxyl groups is 1. The summed E-state index contributed by atoms with van der Waals surface area (Å²) in [6.45, 7) is 11.6. The van der Waals surface area contributed by atoms with Crippen molar-refractivity contribution >= 4 is 0 Å². The van der Waals surface area contributed by atoms with Gasteiger partial charge < -0.3 is 9.84 Å². The molecule has 34 heavy (non-hydrogen) atoms. The molecule has 0 saturated heterocycles. The maximum atomic E-state index is 11.2. The molecule has 0 aromatic carbocycles. The van der Waals surface area contributed by atoms with E-state index in [4.69, 9.17) is 4.74 Å². The van der Waals surface area contributed by atoms with E-state index in [-0.39, 0.29) is 0 Å². The maximum absolute atomic E-state index is 11.2. The predicted octanol–water partition coefficient (Wildman–Crippen LogP) is 5.82. The quantitative estimate of drug-likeness (QED) is 0.572. The number of ether oxygens (including phenoxy) is 1. The number of rotatable bonds is 6. The van der Waals surface area contributed by atoms with Crippen LogP contribution in [-0.2, 0) is 11.3 Å². The molecule has 4 aliphatic rings. The lowest BCUT2D eigenvalue weighted by Gasteiger charge is -2.62. The third kappa shape index (κ3) is 3.84. The van der Waals surface area contributed by atoms with Gasteiger partial charge in [0.25, 0.3) is 0 Å². The Morgan fingerprint density at radius 1 is 1.15 bits per heavy atom. The van der Waals surface area contributed by atoms with E-state index in [9.17, 15) is 10.4 Å². The van der Waals surface area contributed by atoms with E-state index in [1.54, 1.807) is 6.20 Å². The normalized spacial score (nSPS) is 44.5. The Kier molecular flexibility index (Phi) is 6.39. The van der Waals surface area contributed by atoms with E-state index in [0.717, 1.165) is 43.6 Å². The van der Waals surface area contributed by atoms with Crippen molar-refractivity contribution < 1.29 is 9.84 Å². The molecule has 1 unspecified atom stereocenters. The van der Waals surface area contributed by atoms with E-state index in [1.165, 1.54) is 38.5 Å². The van der Waals surface area contributed by atoms with Gasteiger partial charge in [-0.2, -0.15) is 10.4 Å². The van der Waals surface area contributed by atoms with Crippen molar-refractivity contribution in [2.24, 2.45) is 46.3 Å². The summed E-state index contributed by atoms with van der Waals surface area (Å²) in [7, 11) is 0. The second-order valence-corrected chi connectivity index (χ2v) is 12.9. The van der Waals surface area contributed by atoms with E-state index in [0.29, 0.717) is 47.5 Å². The molecule has 1 aromatic heterocycles. The third-order valence-corrected chi connectivity index (χ3v) is 11.4. The molecule has 4 saturated carbocycles. The first-order valence-electron chi connectivity index (χ1n) is 14.0. The summed E-state index contributed by atoms with van der Waals surface area (Å²) in [6, 6.07) is 4.13. The number of hydrogen-bond donors (Lipinski definition) is 1. The molecular formula is C29H45N3O2. The molecule has 5 nitrogen and oxygen atoms in total. The van der Waals surface area contributed by atoms with Gasteiger partial charge in [0.05, 0.1) is 18.4 Å². The Labute approximate surface area is 206 Å². The van der Waals surface area contributed by atoms with Crippen LogP contribution in [0, 0.1) is 57.7 Å². The summed E-state index contributed by atoms with van der Waals surface area (Å²) >= 11 is 0. The van der Waals surface area contributed by atoms with Gasteiger partial charge in [0.1, 0.15) is 11.8 Å². The number of nitriles is 1. The highest BCUT2D eigenvalue weighted by molar-refractivity contribution is 5.18. The molecule has 0 radical (unpaired) electrons. The summed E-state index contributed by atoms with van der Waals surface area (Å²) in [4.78, 5) is 0. The van der Waals surface area contributed by atoms with Gasteiger partial charge in [-0.1, -0.05) is 20.8 Å². The Morgan fingerprint density at radius 3 is 2.71 bits per heavy atom. The van der Waals surface area contributed by atoms with Crippen LogP contribution < -0.4 is 0 Å². The lowest BCUT2D eigenvalue weighted by molar-refractivity contribution is -0.166. The van der Waals surface area contributed by atoms with E-state index >= 15 is 0 Å². The summed E-state index contributed by atoms with van der Waals surface area (Å²) in [5.41, 5.74) is 0.860. The molecule has 4 aliphatic carbocycles. The molecule has 9 atom stereocenters. The molecule has 0 spiro atoms. The topological polar surface area (TPSA) is 71.1 Å². The maximum Gasteiger partial charge on any atom is 0.138 e. The van der Waals surface area contributed by atoms with Gasteiger partial charge in [-0.25, -0.2) is 0 Å². The lowest BCUT2D eigenvalue weighted by Crippen LogP contribution is -2.56. The largest absolute Gasteiger partial charge is 0.387 e. The SMILES string of the molecule is CCOC[C@@]1(O)CC[C@@]2(C)[C@H](CC[C@@H]3[C@@H]2CC[C@]2(C)C([C@H](C)Cn4nccc4C#N)CC[C@@H]32)C1. The first kappa shape index (κ1) is 24.3. The molecule has 5 rings (SSSR count). The molecule has 1 N–H and O–H groups in total. The lowest BCUT2D eigenvalue weighted by atomic mass is 9.43. The summed E-state index contributed by atoms with van der Waals surface area (Å²) < 4.78 is 7.60. The van der Waals surface area contributed by atoms with Gasteiger partial charge >= 0.3 is 0 Å². The average Bonchev–Trinajstić information content (AvgIpc) is 3.41. The van der Waals surface area contributed by atoms with Crippen molar-refractivity contribution in [3.8, 4) is 6.07 Å². The smallest absolute Gasteiger partial charge is 0.138 e. The molecule has 5 heteroatoms. The van der Waals surface area contributed by atoms with Gasteiger partial charge in [-0.05, 0) is 117 Å². The minimum absolute atomic E-state index is 0.378. The highest BCUT2D eigenvalue weighted by Gasteiger charge is 2.61. The van der Waals surface area contributed by atoms with E-state index in [1.807, 2.05) is 17.7 Å². The van der Waals surface area contributed by atoms with Gasteiger partial charge in [-0.15, -0.1) is 0 Å². The molecule has 0 amide bonds. The fraction of sp³-hybridized carbons (Fsp3) is 0.862. The van der Waals surface area contributed by atoms with Crippen molar-refractivity contribution in [1.82, 2.24) is 9.78 Å². The van der Waals surface area contributed by atoms with Crippen molar-refractivity contribution in [3.63, 3.8) is 0 Å². The van der Waals surface area contributed by atoms with Gasteiger partial charge in [0, 0.05) is 13.2 Å². The highest BCUT2D eigenvalue weighted by atomic mass is 16.5. The summed E-state index contributed by atoms with van der Waals surface area (Å²) in [6.07, 6.45) is 12.7. The number of hydrogen-bond acceptors (Lipinski definition) is 4. The fourth-order valence-corrected chi connectivity index (χ4v) is 9.69. The van der Waals surface area contributed by atoms with Crippen LogP contribution in [0.3, 0.4) is 0 Å². The van der Waals surface area contributed by atoms with Gasteiger partial charge in [0.15, 0.2) is 0 Å². The van der Waals surface area contributed by atoms with Crippen molar-refractivity contribution in [1.29, 1.82) is 5.26 Å². The fourth-order valence-electron chi connectivity index (χ4n) is 9.69. The zero-order valence-electron chi connectivity index (χ0n) is 21.8. The Morgan fingerprint density at radius 2 is 1.94 bits per heavy atom. The van der Waals surface area contributed by atoms with Crippen LogP contribution in [0.1, 0.15) is 91.2 Å². The molecule has 1 aromatic rings. The highest BCUT2D eigenvalue weighted by Crippen LogP contribution is 2.68. The first-order chi connectivity index (χ1) is 16.2. The minimum atomic E-state index is -0.612. The number of fused-ring (bicyclic) bond motifs is 5. The van der Waals surface area contributed by atoms with Crippen molar-refractivity contribution in [2.45, 2.75) is 97.6 Å². The monoisotopic (exact) mass is 467 g/mol. The molecule has 4 fully saturated rings. The van der Waals surface area contributed by atoms with Crippen LogP contribution in [0.2, 0.25) is 0 Å². The Hall–Kier alpha value is -1.38. The molecular weight excluding hydrogens is 422 g/mol. The van der Waals surface area contributed by atoms with E-state index in [2.05, 4.69) is 31.9 Å². The van der Waals surface area contributed by atoms with Gasteiger partial charge in [-0.3, -0.25) is 4.68 Å². The summed E-state index contributed by atoms with van der Waals surface area (Å²) in [5.74, 6) is 4.36. The van der Waals surface area contributed by atoms with Crippen LogP contribution in [0.5, 0.6) is 0 Å². The number of aromatic nitrogens is 2. The minimum Gasteiger partial charge on any atom is -0.387 e. The van der Waals surface area contributed by atoms with Crippen LogP contribution >= 0.6 is 0 Å². The second-order valence-electron chi connectivity index (χ2n) is 12.9. The molecule has 1 heterocycles. The number of nitrogens with zero attached hydrogens (tertiary/aromatic N) is 3. The Balaban J connectivity index is 1.30. The molecule has 188 valence electrons. The third-order valence-electron chi connectivity index (χ3n) is 11.4. The molecule has 0 aliphatic heterocycles. The van der Waals surface area contributed by atoms with Crippen LogP contribution in [-0.4, -0.2) is 33.7 Å². The first-order valence-corrected chi connectivity index (χ1v) is 14.0. The standard InChI is InChI=1S/C29H45N3O2/c1-5-34-19-29(33)14-13-27(3)21(16-29)6-7-23-25-9-8-24(28(25,4)12-10-26(23)27)20(2)18-32-22(17-30)11-15-31-32/h11,15,20-21,23-26,33H,5-10,12-14,16,18-19H2,1-4H3/t20-,21-,23+,24?,25+,26+,27+,28-,29-/m1/s1. The second kappa shape index (κ2) is 8.93. The van der Waals surface area contributed by atoms with Crippen LogP contribution in [0.4, 0.5) is 0 Å². The van der Waals surface area contributed by atoms with Crippen molar-refractivity contribution in [3.05, 3.63) is 18.0 Å². The average molecular weight is 468 g/mol. The van der Waals surface area contributed by atoms with Crippen LogP contribution in [0.25, 0.3) is 0 Å². The Bertz CT molecular complexity index is 923. The van der Waals surface area contributed by atoms with E-state index < -0.39 is 5.60 Å². The zero-order valence-corrected chi connectivity index (χ0v) is 21.8. The molecule has 0 bridgehead atoms. The van der Waals surface area contributed by atoms with Crippen molar-refractivity contribution in [2.75, 3.05) is 13.2 Å².